The summed E-state index contributed by atoms with van der Waals surface area (Å²) in [5.41, 5.74) is 1.31. The van der Waals surface area contributed by atoms with Crippen LogP contribution < -0.4 is 5.32 Å². The minimum atomic E-state index is -0.296. The maximum absolute atomic E-state index is 12.0. The van der Waals surface area contributed by atoms with Crippen LogP contribution in [0, 0.1) is 0 Å². The third-order valence-electron chi connectivity index (χ3n) is 2.51. The first-order valence-electron chi connectivity index (χ1n) is 5.40. The average Bonchev–Trinajstić information content (AvgIpc) is 2.76. The van der Waals surface area contributed by atoms with Gasteiger partial charge < -0.3 is 5.32 Å². The van der Waals surface area contributed by atoms with Crippen LogP contribution >= 0.6 is 23.2 Å². The van der Waals surface area contributed by atoms with Crippen molar-refractivity contribution in [3.8, 4) is 0 Å². The fourth-order valence-corrected chi connectivity index (χ4v) is 2.04. The number of benzene rings is 1. The minimum absolute atomic E-state index is 0.296. The van der Waals surface area contributed by atoms with Gasteiger partial charge in [-0.1, -0.05) is 30.1 Å². The molecule has 1 heterocycles. The van der Waals surface area contributed by atoms with E-state index < -0.39 is 0 Å². The molecule has 2 rings (SSSR count). The summed E-state index contributed by atoms with van der Waals surface area (Å²) < 4.78 is 0. The van der Waals surface area contributed by atoms with Crippen molar-refractivity contribution in [1.29, 1.82) is 0 Å². The highest BCUT2D eigenvalue weighted by Crippen LogP contribution is 2.22. The number of amides is 1. The van der Waals surface area contributed by atoms with Crippen LogP contribution in [-0.4, -0.2) is 16.1 Å². The molecule has 18 heavy (non-hydrogen) atoms. The van der Waals surface area contributed by atoms with Gasteiger partial charge in [0.15, 0.2) is 0 Å². The van der Waals surface area contributed by atoms with Gasteiger partial charge in [0.25, 0.3) is 5.91 Å². The molecule has 0 spiro atoms. The Morgan fingerprint density at radius 1 is 1.44 bits per heavy atom. The summed E-state index contributed by atoms with van der Waals surface area (Å²) in [6.45, 7) is 1.98. The molecule has 0 aliphatic heterocycles. The molecule has 1 amide bonds. The first-order chi connectivity index (χ1) is 8.61. The lowest BCUT2D eigenvalue weighted by molar-refractivity contribution is 0.102. The number of H-pyrrole nitrogens is 1. The lowest BCUT2D eigenvalue weighted by Crippen LogP contribution is -2.13. The number of hydrogen-bond acceptors (Lipinski definition) is 2. The maximum atomic E-state index is 12.0. The number of rotatable bonds is 3. The summed E-state index contributed by atoms with van der Waals surface area (Å²) in [4.78, 5) is 12.0. The molecule has 4 nitrogen and oxygen atoms in total. The number of aryl methyl sites for hydroxylation is 1. The van der Waals surface area contributed by atoms with Crippen molar-refractivity contribution in [2.24, 2.45) is 0 Å². The number of nitrogens with one attached hydrogen (secondary N) is 2. The lowest BCUT2D eigenvalue weighted by Gasteiger charge is -2.06. The van der Waals surface area contributed by atoms with Crippen LogP contribution in [0.3, 0.4) is 0 Å². The molecule has 1 aromatic heterocycles. The van der Waals surface area contributed by atoms with Crippen LogP contribution in [0.2, 0.25) is 10.0 Å². The SMILES string of the molecule is CCc1cn[nH]c1NC(=O)c1ccc(Cl)cc1Cl. The van der Waals surface area contributed by atoms with E-state index >= 15 is 0 Å². The molecular formula is C12H11Cl2N3O. The standard InChI is InChI=1S/C12H11Cl2N3O/c1-2-7-6-15-17-11(7)16-12(18)9-4-3-8(13)5-10(9)14/h3-6H,2H2,1H3,(H2,15,16,17,18). The highest BCUT2D eigenvalue weighted by atomic mass is 35.5. The molecule has 94 valence electrons. The van der Waals surface area contributed by atoms with E-state index in [1.165, 1.54) is 6.07 Å². The summed E-state index contributed by atoms with van der Waals surface area (Å²) in [6.07, 6.45) is 2.46. The molecule has 0 saturated heterocycles. The first-order valence-corrected chi connectivity index (χ1v) is 6.16. The molecule has 0 radical (unpaired) electrons. The molecule has 0 bridgehead atoms. The Balaban J connectivity index is 2.22. The topological polar surface area (TPSA) is 57.8 Å². The quantitative estimate of drug-likeness (QED) is 0.905. The number of aromatic amines is 1. The second-order valence-electron chi connectivity index (χ2n) is 3.70. The normalized spacial score (nSPS) is 10.4. The predicted molar refractivity (Wildman–Crippen MR) is 72.4 cm³/mol. The van der Waals surface area contributed by atoms with Crippen molar-refractivity contribution >= 4 is 34.9 Å². The zero-order valence-corrected chi connectivity index (χ0v) is 11.1. The molecule has 2 aromatic rings. The van der Waals surface area contributed by atoms with E-state index in [1.807, 2.05) is 6.92 Å². The molecule has 0 aliphatic rings. The second-order valence-corrected chi connectivity index (χ2v) is 4.55. The van der Waals surface area contributed by atoms with Gasteiger partial charge in [-0.3, -0.25) is 9.89 Å². The van der Waals surface area contributed by atoms with Gasteiger partial charge in [0.05, 0.1) is 16.8 Å². The monoisotopic (exact) mass is 283 g/mol. The Morgan fingerprint density at radius 2 is 2.22 bits per heavy atom. The van der Waals surface area contributed by atoms with Crippen LogP contribution in [0.25, 0.3) is 0 Å². The van der Waals surface area contributed by atoms with E-state index in [0.717, 1.165) is 12.0 Å². The zero-order chi connectivity index (χ0) is 13.1. The number of aromatic nitrogens is 2. The Hall–Kier alpha value is -1.52. The molecule has 1 aromatic carbocycles. The fourth-order valence-electron chi connectivity index (χ4n) is 1.54. The van der Waals surface area contributed by atoms with Crippen LogP contribution in [0.1, 0.15) is 22.8 Å². The molecule has 0 saturated carbocycles. The molecule has 0 fully saturated rings. The highest BCUT2D eigenvalue weighted by Gasteiger charge is 2.13. The van der Waals surface area contributed by atoms with Crippen molar-refractivity contribution in [3.63, 3.8) is 0 Å². The first kappa shape index (κ1) is 12.9. The lowest BCUT2D eigenvalue weighted by atomic mass is 10.2. The van der Waals surface area contributed by atoms with Gasteiger partial charge in [0.1, 0.15) is 5.82 Å². The largest absolute Gasteiger partial charge is 0.307 e. The van der Waals surface area contributed by atoms with E-state index in [4.69, 9.17) is 23.2 Å². The maximum Gasteiger partial charge on any atom is 0.258 e. The predicted octanol–water partition coefficient (Wildman–Crippen LogP) is 3.53. The van der Waals surface area contributed by atoms with E-state index in [2.05, 4.69) is 15.5 Å². The second kappa shape index (κ2) is 5.42. The number of halogens is 2. The Kier molecular flexibility index (Phi) is 3.89. The highest BCUT2D eigenvalue weighted by molar-refractivity contribution is 6.37. The van der Waals surface area contributed by atoms with Crippen LogP contribution in [0.5, 0.6) is 0 Å². The number of carbonyl (C=O) groups is 1. The van der Waals surface area contributed by atoms with Crippen molar-refractivity contribution in [3.05, 3.63) is 45.6 Å². The molecule has 0 atom stereocenters. The average molecular weight is 284 g/mol. The van der Waals surface area contributed by atoms with Gasteiger partial charge in [0.2, 0.25) is 0 Å². The van der Waals surface area contributed by atoms with Gasteiger partial charge >= 0.3 is 0 Å². The van der Waals surface area contributed by atoms with Crippen molar-refractivity contribution < 1.29 is 4.79 Å². The number of nitrogens with zero attached hydrogens (tertiary/aromatic N) is 1. The smallest absolute Gasteiger partial charge is 0.258 e. The Morgan fingerprint density at radius 3 is 2.89 bits per heavy atom. The molecule has 0 unspecified atom stereocenters. The van der Waals surface area contributed by atoms with Crippen molar-refractivity contribution in [1.82, 2.24) is 10.2 Å². The third-order valence-corrected chi connectivity index (χ3v) is 3.06. The molecule has 0 aliphatic carbocycles. The van der Waals surface area contributed by atoms with Gasteiger partial charge in [-0.25, -0.2) is 0 Å². The van der Waals surface area contributed by atoms with E-state index in [1.54, 1.807) is 18.3 Å². The Bertz CT molecular complexity index is 580. The third kappa shape index (κ3) is 2.66. The Labute approximate surface area is 114 Å². The van der Waals surface area contributed by atoms with E-state index in [0.29, 0.717) is 21.4 Å². The summed E-state index contributed by atoms with van der Waals surface area (Å²) in [5.74, 6) is 0.295. The van der Waals surface area contributed by atoms with E-state index in [-0.39, 0.29) is 5.91 Å². The molecular weight excluding hydrogens is 273 g/mol. The summed E-state index contributed by atoms with van der Waals surface area (Å²) in [7, 11) is 0. The van der Waals surface area contributed by atoms with Gasteiger partial charge in [-0.15, -0.1) is 0 Å². The van der Waals surface area contributed by atoms with E-state index in [9.17, 15) is 4.79 Å². The van der Waals surface area contributed by atoms with Crippen molar-refractivity contribution in [2.75, 3.05) is 5.32 Å². The summed E-state index contributed by atoms with van der Waals surface area (Å²) in [6, 6.07) is 4.74. The molecule has 2 N–H and O–H groups in total. The van der Waals surface area contributed by atoms with Gasteiger partial charge in [0, 0.05) is 10.6 Å². The van der Waals surface area contributed by atoms with Crippen LogP contribution in [0.15, 0.2) is 24.4 Å². The molecule has 6 heteroatoms. The number of anilines is 1. The van der Waals surface area contributed by atoms with Gasteiger partial charge in [-0.2, -0.15) is 5.10 Å². The zero-order valence-electron chi connectivity index (χ0n) is 9.63. The van der Waals surface area contributed by atoms with Crippen molar-refractivity contribution in [2.45, 2.75) is 13.3 Å². The number of carbonyl (C=O) groups excluding carboxylic acids is 1. The van der Waals surface area contributed by atoms with Gasteiger partial charge in [-0.05, 0) is 24.6 Å². The number of hydrogen-bond donors (Lipinski definition) is 2. The van der Waals surface area contributed by atoms with Crippen LogP contribution in [-0.2, 0) is 6.42 Å². The summed E-state index contributed by atoms with van der Waals surface area (Å²) in [5, 5.41) is 10.2. The minimum Gasteiger partial charge on any atom is -0.307 e. The fraction of sp³-hybridized carbons (Fsp3) is 0.167. The summed E-state index contributed by atoms with van der Waals surface area (Å²) >= 11 is 11.7. The van der Waals surface area contributed by atoms with Crippen LogP contribution in [0.4, 0.5) is 5.82 Å².